The second kappa shape index (κ2) is 18.2. The van der Waals surface area contributed by atoms with E-state index in [0.29, 0.717) is 15.6 Å². The van der Waals surface area contributed by atoms with E-state index in [4.69, 9.17) is 27.3 Å². The third kappa shape index (κ3) is 8.26. The molecule has 0 atom stereocenters. The molecule has 2 heterocycles. The topological polar surface area (TPSA) is 6.48 Å². The zero-order valence-electron chi connectivity index (χ0n) is 46.7. The van der Waals surface area contributed by atoms with Crippen molar-refractivity contribution in [2.75, 3.05) is 9.80 Å². The molecule has 0 N–H and O–H groups in total. The van der Waals surface area contributed by atoms with Gasteiger partial charge in [-0.15, -0.1) is 0 Å². The summed E-state index contributed by atoms with van der Waals surface area (Å²) in [5.74, 6) is 0. The SMILES string of the molecule is [2H]c1c([2H])c([2H])c(-c2cc3c4c(c2)N(c2c(-c5ccccc5)cc(C(C)(C)C)cc2-c2ccccc2)c2cc(Cl)ccc2B4c2ccc(Cl)cc2N3c2c(-c3ccccc3)cc(C(C)(C)C)cc2-c2ccccc2)c([2H])c1[2H]. The van der Waals surface area contributed by atoms with Gasteiger partial charge in [-0.2, -0.15) is 0 Å². The Morgan fingerprint density at radius 2 is 0.712 bits per heavy atom. The van der Waals surface area contributed by atoms with Gasteiger partial charge in [0.25, 0.3) is 6.71 Å². The van der Waals surface area contributed by atoms with E-state index < -0.39 is 18.1 Å². The number of nitrogens with zero attached hydrogens (tertiary/aromatic N) is 2. The van der Waals surface area contributed by atoms with E-state index in [2.05, 4.69) is 185 Å². The van der Waals surface area contributed by atoms with Crippen molar-refractivity contribution in [2.24, 2.45) is 0 Å². The van der Waals surface area contributed by atoms with Crippen LogP contribution in [0.1, 0.15) is 59.5 Å². The van der Waals surface area contributed by atoms with Gasteiger partial charge in [-0.1, -0.05) is 228 Å². The summed E-state index contributed by atoms with van der Waals surface area (Å²) in [5.41, 5.74) is 18.4. The Bertz CT molecular complexity index is 3650. The molecule has 0 aromatic heterocycles. The van der Waals surface area contributed by atoms with Crippen LogP contribution in [0.5, 0.6) is 0 Å². The zero-order valence-corrected chi connectivity index (χ0v) is 43.2. The van der Waals surface area contributed by atoms with E-state index in [-0.39, 0.29) is 35.2 Å². The highest BCUT2D eigenvalue weighted by atomic mass is 35.5. The van der Waals surface area contributed by atoms with E-state index in [1.54, 1.807) is 0 Å². The molecular weight excluding hydrogens is 926 g/mol. The molecule has 5 heteroatoms. The maximum absolute atomic E-state index is 9.63. The molecule has 10 aromatic carbocycles. The Hall–Kier alpha value is -7.56. The first kappa shape index (κ1) is 41.0. The maximum atomic E-state index is 9.63. The molecule has 0 saturated carbocycles. The predicted octanol–water partition coefficient (Wildman–Crippen LogP) is 18.0. The molecule has 0 radical (unpaired) electrons. The molecule has 10 aromatic rings. The lowest BCUT2D eigenvalue weighted by atomic mass is 9.33. The van der Waals surface area contributed by atoms with Crippen LogP contribution in [0.4, 0.5) is 34.1 Å². The fraction of sp³-hybridized carbons (Fsp3) is 0.118. The fourth-order valence-corrected chi connectivity index (χ4v) is 11.3. The van der Waals surface area contributed by atoms with Gasteiger partial charge < -0.3 is 9.80 Å². The minimum Gasteiger partial charge on any atom is -0.310 e. The Labute approximate surface area is 448 Å². The highest BCUT2D eigenvalue weighted by Gasteiger charge is 2.46. The molecule has 12 rings (SSSR count). The summed E-state index contributed by atoms with van der Waals surface area (Å²) in [4.78, 5) is 4.68. The van der Waals surface area contributed by atoms with Gasteiger partial charge >= 0.3 is 0 Å². The van der Waals surface area contributed by atoms with Gasteiger partial charge in [0.1, 0.15) is 0 Å². The number of rotatable bonds is 7. The van der Waals surface area contributed by atoms with Gasteiger partial charge in [-0.05, 0) is 132 Å². The minimum absolute atomic E-state index is 0.0922. The van der Waals surface area contributed by atoms with E-state index in [1.165, 1.54) is 0 Å². The Kier molecular flexibility index (Phi) is 10.2. The summed E-state index contributed by atoms with van der Waals surface area (Å²) in [7, 11) is 0. The molecule has 2 aliphatic heterocycles. The summed E-state index contributed by atoms with van der Waals surface area (Å²) in [6.45, 7) is 13.1. The van der Waals surface area contributed by atoms with Gasteiger partial charge in [-0.25, -0.2) is 0 Å². The second-order valence-electron chi connectivity index (χ2n) is 21.2. The lowest BCUT2D eigenvalue weighted by molar-refractivity contribution is 0.590. The number of hydrogen-bond acceptors (Lipinski definition) is 2. The summed E-state index contributed by atoms with van der Waals surface area (Å²) < 4.78 is 46.2. The largest absolute Gasteiger partial charge is 0.310 e. The molecule has 0 amide bonds. The first-order valence-corrected chi connectivity index (χ1v) is 25.7. The van der Waals surface area contributed by atoms with Crippen LogP contribution in [0.2, 0.25) is 10.0 Å². The minimum atomic E-state index is -0.457. The first-order chi connectivity index (χ1) is 37.4. The summed E-state index contributed by atoms with van der Waals surface area (Å²) in [6.07, 6.45) is 0. The predicted molar refractivity (Wildman–Crippen MR) is 315 cm³/mol. The number of fused-ring (bicyclic) bond motifs is 4. The molecule has 73 heavy (non-hydrogen) atoms. The summed E-state index contributed by atoms with van der Waals surface area (Å²) in [6, 6.07) is 65.8. The van der Waals surface area contributed by atoms with Crippen molar-refractivity contribution >= 4 is 80.4 Å². The molecule has 0 fully saturated rings. The summed E-state index contributed by atoms with van der Waals surface area (Å²) >= 11 is 14.5. The fourth-order valence-electron chi connectivity index (χ4n) is 10.9. The number of benzene rings is 10. The van der Waals surface area contributed by atoms with Crippen LogP contribution in [-0.4, -0.2) is 6.71 Å². The van der Waals surface area contributed by atoms with Crippen LogP contribution in [0.3, 0.4) is 0 Å². The monoisotopic (exact) mass is 985 g/mol. The lowest BCUT2D eigenvalue weighted by Gasteiger charge is -2.46. The van der Waals surface area contributed by atoms with Gasteiger partial charge in [0, 0.05) is 55.0 Å². The van der Waals surface area contributed by atoms with Crippen molar-refractivity contribution in [2.45, 2.75) is 52.4 Å². The molecule has 0 bridgehead atoms. The molecule has 0 aliphatic carbocycles. The van der Waals surface area contributed by atoms with Crippen LogP contribution >= 0.6 is 23.2 Å². The normalized spacial score (nSPS) is 13.8. The summed E-state index contributed by atoms with van der Waals surface area (Å²) in [5, 5.41) is 1.09. The van der Waals surface area contributed by atoms with Crippen molar-refractivity contribution in [3.05, 3.63) is 246 Å². The van der Waals surface area contributed by atoms with Crippen molar-refractivity contribution < 1.29 is 6.85 Å². The van der Waals surface area contributed by atoms with E-state index >= 15 is 0 Å². The van der Waals surface area contributed by atoms with E-state index in [0.717, 1.165) is 106 Å². The molecule has 354 valence electrons. The maximum Gasteiger partial charge on any atom is 0.252 e. The average Bonchev–Trinajstić information content (AvgIpc) is 2.71. The number of halogens is 2. The first-order valence-electron chi connectivity index (χ1n) is 27.4. The van der Waals surface area contributed by atoms with Crippen molar-refractivity contribution in [1.82, 2.24) is 0 Å². The Balaban J connectivity index is 1.32. The number of hydrogen-bond donors (Lipinski definition) is 0. The standard InChI is InChI=1S/C68H55BCl2N2/c1-67(2,3)50-38-54(45-24-14-8-15-25-45)65(55(39-50)46-26-16-9-17-27-46)72-60-42-52(70)32-34-58(60)69-59-35-33-53(71)43-61(59)73(63-37-49(36-62(72)64(63)69)44-22-12-7-13-23-44)66-56(47-28-18-10-19-29-47)40-51(68(4,5)6)41-57(66)48-30-20-11-21-31-48/h7-43H,1-6H3/i7D,12D,13D,22D,23D. The van der Waals surface area contributed by atoms with E-state index in [9.17, 15) is 2.74 Å². The molecule has 2 aliphatic rings. The van der Waals surface area contributed by atoms with E-state index in [1.807, 2.05) is 60.7 Å². The van der Waals surface area contributed by atoms with Gasteiger partial charge in [0.05, 0.1) is 18.2 Å². The Morgan fingerprint density at radius 3 is 1.04 bits per heavy atom. The van der Waals surface area contributed by atoms with Crippen molar-refractivity contribution in [1.29, 1.82) is 0 Å². The van der Waals surface area contributed by atoms with Crippen LogP contribution in [0.25, 0.3) is 55.6 Å². The Morgan fingerprint density at radius 1 is 0.370 bits per heavy atom. The zero-order chi connectivity index (χ0) is 54.5. The van der Waals surface area contributed by atoms with Crippen LogP contribution in [0.15, 0.2) is 224 Å². The highest BCUT2D eigenvalue weighted by molar-refractivity contribution is 7.00. The molecule has 0 saturated heterocycles. The van der Waals surface area contributed by atoms with Gasteiger partial charge in [-0.3, -0.25) is 0 Å². The van der Waals surface area contributed by atoms with Gasteiger partial charge in [0.2, 0.25) is 0 Å². The third-order valence-electron chi connectivity index (χ3n) is 14.5. The molecular formula is C68H55BCl2N2. The molecule has 0 unspecified atom stereocenters. The second-order valence-corrected chi connectivity index (χ2v) is 22.1. The lowest BCUT2D eigenvalue weighted by Crippen LogP contribution is -2.61. The number of anilines is 6. The van der Waals surface area contributed by atoms with Gasteiger partial charge in [0.15, 0.2) is 0 Å². The van der Waals surface area contributed by atoms with Crippen LogP contribution < -0.4 is 26.2 Å². The van der Waals surface area contributed by atoms with Crippen molar-refractivity contribution in [3.8, 4) is 55.6 Å². The molecule has 0 spiro atoms. The quantitative estimate of drug-likeness (QED) is 0.147. The molecule has 2 nitrogen and oxygen atoms in total. The average molecular weight is 987 g/mol. The van der Waals surface area contributed by atoms with Crippen LogP contribution in [0, 0.1) is 0 Å². The van der Waals surface area contributed by atoms with Crippen LogP contribution in [-0.2, 0) is 10.8 Å². The highest BCUT2D eigenvalue weighted by Crippen LogP contribution is 2.55. The van der Waals surface area contributed by atoms with Crippen molar-refractivity contribution in [3.63, 3.8) is 0 Å². The third-order valence-corrected chi connectivity index (χ3v) is 15.0. The smallest absolute Gasteiger partial charge is 0.252 e.